The third kappa shape index (κ3) is 2.67. The topological polar surface area (TPSA) is 37.4 Å². The van der Waals surface area contributed by atoms with Gasteiger partial charge in [-0.1, -0.05) is 41.9 Å². The smallest absolute Gasteiger partial charge is 0.264 e. The fraction of sp³-hybridized carbons (Fsp3) is 0.0588. The number of halogens is 1. The first kappa shape index (κ1) is 14.9. The van der Waals surface area contributed by atoms with Gasteiger partial charge in [-0.25, -0.2) is 8.42 Å². The van der Waals surface area contributed by atoms with Crippen LogP contribution in [-0.2, 0) is 10.0 Å². The van der Waals surface area contributed by atoms with E-state index in [1.165, 1.54) is 16.4 Å². The van der Waals surface area contributed by atoms with Gasteiger partial charge in [0, 0.05) is 12.1 Å². The largest absolute Gasteiger partial charge is 0.269 e. The second-order valence-electron chi connectivity index (χ2n) is 4.96. The van der Waals surface area contributed by atoms with Crippen molar-refractivity contribution in [2.75, 3.05) is 11.4 Å². The van der Waals surface area contributed by atoms with Crippen LogP contribution in [0.25, 0.3) is 10.8 Å². The first-order valence-electron chi connectivity index (χ1n) is 6.72. The van der Waals surface area contributed by atoms with E-state index in [-0.39, 0.29) is 4.90 Å². The second-order valence-corrected chi connectivity index (χ2v) is 7.36. The van der Waals surface area contributed by atoms with Gasteiger partial charge in [-0.15, -0.1) is 0 Å². The summed E-state index contributed by atoms with van der Waals surface area (Å²) in [7, 11) is -2.05. The summed E-state index contributed by atoms with van der Waals surface area (Å²) in [5.41, 5.74) is 0.619. The van der Waals surface area contributed by atoms with Crippen LogP contribution in [0.3, 0.4) is 0 Å². The zero-order valence-corrected chi connectivity index (χ0v) is 13.5. The molecule has 3 nitrogen and oxygen atoms in total. The Balaban J connectivity index is 2.03. The molecular weight excluding hydrogens is 318 g/mol. The molecule has 0 N–H and O–H groups in total. The minimum Gasteiger partial charge on any atom is -0.269 e. The quantitative estimate of drug-likeness (QED) is 0.716. The van der Waals surface area contributed by atoms with Crippen LogP contribution < -0.4 is 4.31 Å². The van der Waals surface area contributed by atoms with Gasteiger partial charge in [0.1, 0.15) is 0 Å². The Morgan fingerprint density at radius 2 is 1.50 bits per heavy atom. The highest BCUT2D eigenvalue weighted by Gasteiger charge is 2.21. The molecule has 0 radical (unpaired) electrons. The lowest BCUT2D eigenvalue weighted by atomic mass is 10.1. The van der Waals surface area contributed by atoms with Gasteiger partial charge in [0.2, 0.25) is 0 Å². The van der Waals surface area contributed by atoms with E-state index in [2.05, 4.69) is 0 Å². The number of hydrogen-bond acceptors (Lipinski definition) is 2. The summed E-state index contributed by atoms with van der Waals surface area (Å²) < 4.78 is 26.6. The lowest BCUT2D eigenvalue weighted by Crippen LogP contribution is -2.26. The molecule has 0 atom stereocenters. The highest BCUT2D eigenvalue weighted by Crippen LogP contribution is 2.26. The first-order chi connectivity index (χ1) is 10.5. The van der Waals surface area contributed by atoms with Crippen LogP contribution in [0.2, 0.25) is 5.02 Å². The molecule has 0 amide bonds. The van der Waals surface area contributed by atoms with Gasteiger partial charge in [0.05, 0.1) is 10.6 Å². The van der Waals surface area contributed by atoms with Crippen molar-refractivity contribution in [2.45, 2.75) is 4.90 Å². The molecule has 3 rings (SSSR count). The lowest BCUT2D eigenvalue weighted by molar-refractivity contribution is 0.594. The van der Waals surface area contributed by atoms with Crippen LogP contribution in [0.1, 0.15) is 0 Å². The average molecular weight is 332 g/mol. The van der Waals surface area contributed by atoms with E-state index >= 15 is 0 Å². The molecule has 0 saturated carbocycles. The van der Waals surface area contributed by atoms with Crippen molar-refractivity contribution in [3.63, 3.8) is 0 Å². The summed E-state index contributed by atoms with van der Waals surface area (Å²) >= 11 is 5.82. The van der Waals surface area contributed by atoms with Crippen LogP contribution in [0.5, 0.6) is 0 Å². The number of nitrogens with zero attached hydrogens (tertiary/aromatic N) is 1. The molecule has 3 aromatic rings. The molecule has 22 heavy (non-hydrogen) atoms. The minimum absolute atomic E-state index is 0.215. The Morgan fingerprint density at radius 3 is 2.18 bits per heavy atom. The van der Waals surface area contributed by atoms with Crippen molar-refractivity contribution in [2.24, 2.45) is 0 Å². The molecule has 112 valence electrons. The van der Waals surface area contributed by atoms with Crippen molar-refractivity contribution in [3.8, 4) is 0 Å². The minimum atomic E-state index is -3.60. The summed E-state index contributed by atoms with van der Waals surface area (Å²) in [6.07, 6.45) is 0. The molecule has 3 aromatic carbocycles. The lowest BCUT2D eigenvalue weighted by Gasteiger charge is -2.20. The Kier molecular flexibility index (Phi) is 3.81. The Morgan fingerprint density at radius 1 is 0.864 bits per heavy atom. The van der Waals surface area contributed by atoms with E-state index in [9.17, 15) is 8.42 Å². The maximum absolute atomic E-state index is 12.7. The molecule has 0 saturated heterocycles. The SMILES string of the molecule is CN(c1ccc2ccccc2c1)S(=O)(=O)c1ccc(Cl)cc1. The molecule has 0 aliphatic rings. The summed E-state index contributed by atoms with van der Waals surface area (Å²) in [4.78, 5) is 0.215. The predicted octanol–water partition coefficient (Wildman–Crippen LogP) is 4.32. The van der Waals surface area contributed by atoms with Gasteiger partial charge in [0.15, 0.2) is 0 Å². The average Bonchev–Trinajstić information content (AvgIpc) is 2.54. The summed E-state index contributed by atoms with van der Waals surface area (Å²) in [6, 6.07) is 19.6. The van der Waals surface area contributed by atoms with Gasteiger partial charge in [-0.05, 0) is 47.2 Å². The maximum Gasteiger partial charge on any atom is 0.264 e. The van der Waals surface area contributed by atoms with E-state index in [4.69, 9.17) is 11.6 Å². The molecule has 0 aliphatic carbocycles. The monoisotopic (exact) mass is 331 g/mol. The van der Waals surface area contributed by atoms with Crippen LogP contribution in [0, 0.1) is 0 Å². The predicted molar refractivity (Wildman–Crippen MR) is 91.0 cm³/mol. The number of rotatable bonds is 3. The Labute approximate surface area is 134 Å². The van der Waals surface area contributed by atoms with Crippen molar-refractivity contribution in [3.05, 3.63) is 71.8 Å². The first-order valence-corrected chi connectivity index (χ1v) is 8.53. The Bertz CT molecular complexity index is 921. The van der Waals surface area contributed by atoms with Gasteiger partial charge in [0.25, 0.3) is 10.0 Å². The van der Waals surface area contributed by atoms with Crippen molar-refractivity contribution >= 4 is 38.1 Å². The molecule has 0 spiro atoms. The number of anilines is 1. The third-order valence-electron chi connectivity index (χ3n) is 3.57. The molecule has 0 aliphatic heterocycles. The summed E-state index contributed by atoms with van der Waals surface area (Å²) in [5, 5.41) is 2.58. The standard InChI is InChI=1S/C17H14ClNO2S/c1-19(22(20,21)17-10-7-15(18)8-11-17)16-9-6-13-4-2-3-5-14(13)12-16/h2-12H,1H3. The zero-order chi connectivity index (χ0) is 15.7. The number of fused-ring (bicyclic) bond motifs is 1. The van der Waals surface area contributed by atoms with E-state index in [1.807, 2.05) is 36.4 Å². The summed E-state index contributed by atoms with van der Waals surface area (Å²) in [6.45, 7) is 0. The van der Waals surface area contributed by atoms with Gasteiger partial charge >= 0.3 is 0 Å². The highest BCUT2D eigenvalue weighted by atomic mass is 35.5. The van der Waals surface area contributed by atoms with E-state index in [0.29, 0.717) is 10.7 Å². The van der Waals surface area contributed by atoms with Crippen LogP contribution >= 0.6 is 11.6 Å². The number of benzene rings is 3. The normalized spacial score (nSPS) is 11.5. The highest BCUT2D eigenvalue weighted by molar-refractivity contribution is 7.92. The van der Waals surface area contributed by atoms with E-state index in [0.717, 1.165) is 10.8 Å². The second kappa shape index (κ2) is 5.63. The zero-order valence-electron chi connectivity index (χ0n) is 11.9. The molecule has 0 fully saturated rings. The molecule has 0 unspecified atom stereocenters. The molecule has 0 bridgehead atoms. The maximum atomic E-state index is 12.7. The molecule has 0 heterocycles. The van der Waals surface area contributed by atoms with Gasteiger partial charge < -0.3 is 0 Å². The molecule has 5 heteroatoms. The van der Waals surface area contributed by atoms with Crippen LogP contribution in [0.15, 0.2) is 71.6 Å². The number of sulfonamides is 1. The Hall–Kier alpha value is -2.04. The fourth-order valence-electron chi connectivity index (χ4n) is 2.28. The van der Waals surface area contributed by atoms with Crippen LogP contribution in [-0.4, -0.2) is 15.5 Å². The van der Waals surface area contributed by atoms with Crippen molar-refractivity contribution in [1.29, 1.82) is 0 Å². The summed E-state index contributed by atoms with van der Waals surface area (Å²) in [5.74, 6) is 0. The van der Waals surface area contributed by atoms with Crippen molar-refractivity contribution < 1.29 is 8.42 Å². The molecular formula is C17H14ClNO2S. The van der Waals surface area contributed by atoms with Crippen molar-refractivity contribution in [1.82, 2.24) is 0 Å². The third-order valence-corrected chi connectivity index (χ3v) is 5.62. The van der Waals surface area contributed by atoms with Crippen LogP contribution in [0.4, 0.5) is 5.69 Å². The van der Waals surface area contributed by atoms with Gasteiger partial charge in [-0.3, -0.25) is 4.31 Å². The fourth-order valence-corrected chi connectivity index (χ4v) is 3.59. The number of hydrogen-bond donors (Lipinski definition) is 0. The van der Waals surface area contributed by atoms with Gasteiger partial charge in [-0.2, -0.15) is 0 Å². The van der Waals surface area contributed by atoms with E-state index < -0.39 is 10.0 Å². The van der Waals surface area contributed by atoms with E-state index in [1.54, 1.807) is 25.2 Å². The molecule has 0 aromatic heterocycles.